The van der Waals surface area contributed by atoms with Crippen molar-refractivity contribution in [1.82, 2.24) is 4.90 Å². The highest BCUT2D eigenvalue weighted by atomic mass is 32.2. The molecule has 4 heteroatoms. The van der Waals surface area contributed by atoms with E-state index in [1.807, 2.05) is 11.8 Å². The van der Waals surface area contributed by atoms with Crippen molar-refractivity contribution in [2.45, 2.75) is 29.9 Å². The van der Waals surface area contributed by atoms with Crippen LogP contribution in [0.15, 0.2) is 17.0 Å². The second-order valence-corrected chi connectivity index (χ2v) is 6.14. The van der Waals surface area contributed by atoms with Gasteiger partial charge in [-0.3, -0.25) is 4.90 Å². The van der Waals surface area contributed by atoms with Crippen LogP contribution in [-0.2, 0) is 17.6 Å². The van der Waals surface area contributed by atoms with E-state index in [1.165, 1.54) is 16.0 Å². The molecule has 1 aromatic rings. The van der Waals surface area contributed by atoms with E-state index in [-0.39, 0.29) is 0 Å². The molecule has 2 aliphatic rings. The first kappa shape index (κ1) is 13.3. The molecule has 0 aromatic heterocycles. The summed E-state index contributed by atoms with van der Waals surface area (Å²) < 4.78 is 11.5. The number of benzene rings is 1. The summed E-state index contributed by atoms with van der Waals surface area (Å²) >= 11 is 1.82. The summed E-state index contributed by atoms with van der Waals surface area (Å²) in [5.74, 6) is 1.03. The highest BCUT2D eigenvalue weighted by Gasteiger charge is 2.36. The minimum absolute atomic E-state index is 0.337. The summed E-state index contributed by atoms with van der Waals surface area (Å²) in [6.07, 6.45) is 4.53. The maximum absolute atomic E-state index is 5.99. The van der Waals surface area contributed by atoms with Gasteiger partial charge in [-0.2, -0.15) is 0 Å². The van der Waals surface area contributed by atoms with Gasteiger partial charge in [-0.1, -0.05) is 0 Å². The molecule has 1 heterocycles. The Morgan fingerprint density at radius 1 is 1.32 bits per heavy atom. The highest BCUT2D eigenvalue weighted by molar-refractivity contribution is 7.98. The van der Waals surface area contributed by atoms with Crippen LogP contribution in [0.25, 0.3) is 0 Å². The first-order valence-corrected chi connectivity index (χ1v) is 8.01. The molecule has 0 amide bonds. The van der Waals surface area contributed by atoms with Crippen LogP contribution < -0.4 is 4.74 Å². The Morgan fingerprint density at radius 2 is 2.16 bits per heavy atom. The number of hydrogen-bond acceptors (Lipinski definition) is 4. The van der Waals surface area contributed by atoms with Gasteiger partial charge < -0.3 is 9.47 Å². The number of methoxy groups -OCH3 is 1. The number of ether oxygens (including phenoxy) is 2. The van der Waals surface area contributed by atoms with Gasteiger partial charge in [-0.15, -0.1) is 11.8 Å². The lowest BCUT2D eigenvalue weighted by Crippen LogP contribution is -2.53. The second-order valence-electron chi connectivity index (χ2n) is 5.29. The molecule has 1 fully saturated rings. The third-order valence-corrected chi connectivity index (χ3v) is 5.20. The van der Waals surface area contributed by atoms with Crippen LogP contribution in [0, 0.1) is 0 Å². The summed E-state index contributed by atoms with van der Waals surface area (Å²) in [7, 11) is 3.97. The number of hydrogen-bond donors (Lipinski definition) is 0. The summed E-state index contributed by atoms with van der Waals surface area (Å²) in [5.41, 5.74) is 2.82. The molecule has 1 aliphatic carbocycles. The van der Waals surface area contributed by atoms with E-state index in [4.69, 9.17) is 9.47 Å². The molecule has 3 nitrogen and oxygen atoms in total. The van der Waals surface area contributed by atoms with Crippen molar-refractivity contribution < 1.29 is 9.47 Å². The zero-order valence-electron chi connectivity index (χ0n) is 11.8. The first-order chi connectivity index (χ1) is 9.24. The van der Waals surface area contributed by atoms with Crippen molar-refractivity contribution in [2.75, 3.05) is 33.6 Å². The number of rotatable bonds is 2. The van der Waals surface area contributed by atoms with Crippen molar-refractivity contribution in [1.29, 1.82) is 0 Å². The molecule has 19 heavy (non-hydrogen) atoms. The van der Waals surface area contributed by atoms with Gasteiger partial charge in [-0.25, -0.2) is 0 Å². The fraction of sp³-hybridized carbons (Fsp3) is 0.600. The predicted octanol–water partition coefficient (Wildman–Crippen LogP) is 2.21. The molecule has 0 saturated carbocycles. The van der Waals surface area contributed by atoms with Crippen LogP contribution in [0.5, 0.6) is 5.75 Å². The number of morpholine rings is 1. The van der Waals surface area contributed by atoms with Crippen LogP contribution in [0.4, 0.5) is 0 Å². The summed E-state index contributed by atoms with van der Waals surface area (Å²) in [5, 5.41) is 0. The maximum atomic E-state index is 5.99. The molecule has 0 spiro atoms. The largest absolute Gasteiger partial charge is 0.496 e. The van der Waals surface area contributed by atoms with E-state index in [0.717, 1.165) is 31.7 Å². The fourth-order valence-corrected chi connectivity index (χ4v) is 3.94. The Kier molecular flexibility index (Phi) is 3.74. The lowest BCUT2D eigenvalue weighted by Gasteiger charge is -2.43. The molecule has 0 N–H and O–H groups in total. The molecular formula is C15H21NO2S. The molecule has 0 bridgehead atoms. The van der Waals surface area contributed by atoms with E-state index in [9.17, 15) is 0 Å². The molecule has 104 valence electrons. The fourth-order valence-electron chi connectivity index (χ4n) is 3.28. The van der Waals surface area contributed by atoms with Gasteiger partial charge in [0.15, 0.2) is 0 Å². The summed E-state index contributed by atoms with van der Waals surface area (Å²) in [6, 6.07) is 4.77. The standard InChI is InChI=1S/C15H21NO2S/c1-16-6-7-18-14-9-11-10(8-12(14)16)13(17-2)4-5-15(11)19-3/h4-5,12,14H,6-9H2,1-3H3/t12-,14+/m0/s1. The Bertz CT molecular complexity index is 477. The van der Waals surface area contributed by atoms with Gasteiger partial charge in [-0.05, 0) is 37.4 Å². The Balaban J connectivity index is 2.02. The lowest BCUT2D eigenvalue weighted by molar-refractivity contribution is -0.0649. The lowest BCUT2D eigenvalue weighted by atomic mass is 9.84. The molecule has 1 aliphatic heterocycles. The molecule has 3 rings (SSSR count). The van der Waals surface area contributed by atoms with Crippen LogP contribution in [0.2, 0.25) is 0 Å². The normalized spacial score (nSPS) is 26.7. The quantitative estimate of drug-likeness (QED) is 0.774. The second kappa shape index (κ2) is 5.35. The SMILES string of the molecule is COc1ccc(SC)c2c1C[C@H]1[C@@H](C2)OCCN1C. The Labute approximate surface area is 119 Å². The minimum Gasteiger partial charge on any atom is -0.496 e. The smallest absolute Gasteiger partial charge is 0.122 e. The topological polar surface area (TPSA) is 21.7 Å². The monoisotopic (exact) mass is 279 g/mol. The highest BCUT2D eigenvalue weighted by Crippen LogP contribution is 2.38. The summed E-state index contributed by atoms with van der Waals surface area (Å²) in [6.45, 7) is 1.88. The molecule has 0 radical (unpaired) electrons. The molecule has 1 saturated heterocycles. The van der Waals surface area contributed by atoms with Crippen molar-refractivity contribution in [3.05, 3.63) is 23.3 Å². The molecule has 1 aromatic carbocycles. The van der Waals surface area contributed by atoms with Crippen LogP contribution >= 0.6 is 11.8 Å². The van der Waals surface area contributed by atoms with Gasteiger partial charge in [0.2, 0.25) is 0 Å². The van der Waals surface area contributed by atoms with E-state index in [1.54, 1.807) is 7.11 Å². The molecular weight excluding hydrogens is 258 g/mol. The van der Waals surface area contributed by atoms with Gasteiger partial charge in [0.1, 0.15) is 5.75 Å². The average Bonchev–Trinajstić information content (AvgIpc) is 2.45. The zero-order chi connectivity index (χ0) is 13.4. The first-order valence-electron chi connectivity index (χ1n) is 6.79. The van der Waals surface area contributed by atoms with Crippen LogP contribution in [0.1, 0.15) is 11.1 Å². The van der Waals surface area contributed by atoms with Crippen molar-refractivity contribution in [3.8, 4) is 5.75 Å². The Hall–Kier alpha value is -0.710. The molecule has 2 atom stereocenters. The predicted molar refractivity (Wildman–Crippen MR) is 78.3 cm³/mol. The number of fused-ring (bicyclic) bond motifs is 2. The number of nitrogens with zero attached hydrogens (tertiary/aromatic N) is 1. The Morgan fingerprint density at radius 3 is 2.89 bits per heavy atom. The van der Waals surface area contributed by atoms with Gasteiger partial charge >= 0.3 is 0 Å². The van der Waals surface area contributed by atoms with Gasteiger partial charge in [0.05, 0.1) is 19.8 Å². The third kappa shape index (κ3) is 2.26. The van der Waals surface area contributed by atoms with Crippen molar-refractivity contribution >= 4 is 11.8 Å². The van der Waals surface area contributed by atoms with Gasteiger partial charge in [0, 0.05) is 29.5 Å². The number of likely N-dealkylation sites (N-methyl/N-ethyl adjacent to an activating group) is 1. The average molecular weight is 279 g/mol. The van der Waals surface area contributed by atoms with E-state index >= 15 is 0 Å². The van der Waals surface area contributed by atoms with E-state index in [0.29, 0.717) is 12.1 Å². The van der Waals surface area contributed by atoms with E-state index < -0.39 is 0 Å². The van der Waals surface area contributed by atoms with E-state index in [2.05, 4.69) is 30.3 Å². The maximum Gasteiger partial charge on any atom is 0.122 e. The van der Waals surface area contributed by atoms with Crippen LogP contribution in [0.3, 0.4) is 0 Å². The third-order valence-electron chi connectivity index (χ3n) is 4.37. The molecule has 0 unspecified atom stereocenters. The zero-order valence-corrected chi connectivity index (χ0v) is 12.6. The van der Waals surface area contributed by atoms with Crippen LogP contribution in [-0.4, -0.2) is 50.6 Å². The van der Waals surface area contributed by atoms with Crippen molar-refractivity contribution in [2.24, 2.45) is 0 Å². The summed E-state index contributed by atoms with van der Waals surface area (Å²) in [4.78, 5) is 3.80. The number of thioether (sulfide) groups is 1. The van der Waals surface area contributed by atoms with Crippen molar-refractivity contribution in [3.63, 3.8) is 0 Å². The minimum atomic E-state index is 0.337. The van der Waals surface area contributed by atoms with Gasteiger partial charge in [0.25, 0.3) is 0 Å².